The highest BCUT2D eigenvalue weighted by Gasteiger charge is 2.28. The Bertz CT molecular complexity index is 1210. The van der Waals surface area contributed by atoms with Crippen LogP contribution in [0.3, 0.4) is 0 Å². The van der Waals surface area contributed by atoms with Gasteiger partial charge >= 0.3 is 0 Å². The highest BCUT2D eigenvalue weighted by Crippen LogP contribution is 2.22. The molecule has 0 spiro atoms. The number of carbonyl (C=O) groups is 2. The molecule has 198 valence electrons. The summed E-state index contributed by atoms with van der Waals surface area (Å²) < 4.78 is 11.0. The van der Waals surface area contributed by atoms with Gasteiger partial charge < -0.3 is 24.2 Å². The summed E-state index contributed by atoms with van der Waals surface area (Å²) in [6.07, 6.45) is 1.87. The monoisotopic (exact) mass is 515 g/mol. The van der Waals surface area contributed by atoms with Gasteiger partial charge in [0.2, 0.25) is 5.91 Å². The zero-order valence-electron chi connectivity index (χ0n) is 21.7. The van der Waals surface area contributed by atoms with Crippen LogP contribution < -0.4 is 9.64 Å². The fraction of sp³-hybridized carbons (Fsp3) is 0.379. The third kappa shape index (κ3) is 6.11. The van der Waals surface area contributed by atoms with Gasteiger partial charge in [-0.15, -0.1) is 10.2 Å². The number of hydrogen-bond donors (Lipinski definition) is 0. The molecule has 0 radical (unpaired) electrons. The minimum absolute atomic E-state index is 0.0215. The molecule has 2 aliphatic heterocycles. The van der Waals surface area contributed by atoms with Crippen LogP contribution in [0.1, 0.15) is 23.2 Å². The number of rotatable bonds is 8. The molecule has 2 aliphatic rings. The van der Waals surface area contributed by atoms with Crippen LogP contribution in [-0.2, 0) is 9.53 Å². The van der Waals surface area contributed by atoms with Crippen LogP contribution in [0.2, 0.25) is 0 Å². The number of ether oxygens (including phenoxy) is 2. The maximum Gasteiger partial charge on any atom is 0.254 e. The summed E-state index contributed by atoms with van der Waals surface area (Å²) in [5.41, 5.74) is 2.34. The molecule has 0 saturated carbocycles. The Morgan fingerprint density at radius 2 is 1.74 bits per heavy atom. The average Bonchev–Trinajstić information content (AvgIpc) is 3.50. The third-order valence-corrected chi connectivity index (χ3v) is 7.07. The van der Waals surface area contributed by atoms with Gasteiger partial charge in [0.25, 0.3) is 5.91 Å². The molecule has 0 N–H and O–H groups in total. The van der Waals surface area contributed by atoms with Crippen molar-refractivity contribution in [3.8, 4) is 17.0 Å². The minimum atomic E-state index is -0.139. The van der Waals surface area contributed by atoms with Gasteiger partial charge in [-0.25, -0.2) is 0 Å². The van der Waals surface area contributed by atoms with Crippen LogP contribution >= 0.6 is 0 Å². The topological polar surface area (TPSA) is 88.1 Å². The lowest BCUT2D eigenvalue weighted by Gasteiger charge is -2.36. The van der Waals surface area contributed by atoms with Crippen molar-refractivity contribution in [2.24, 2.45) is 0 Å². The summed E-state index contributed by atoms with van der Waals surface area (Å²) in [5.74, 6) is 1.40. The van der Waals surface area contributed by atoms with Gasteiger partial charge in [0.1, 0.15) is 12.3 Å². The van der Waals surface area contributed by atoms with E-state index in [0.717, 1.165) is 35.7 Å². The van der Waals surface area contributed by atoms with E-state index in [1.165, 1.54) is 0 Å². The third-order valence-electron chi connectivity index (χ3n) is 7.07. The zero-order chi connectivity index (χ0) is 26.3. The molecule has 1 unspecified atom stereocenters. The second-order valence-corrected chi connectivity index (χ2v) is 9.56. The van der Waals surface area contributed by atoms with Gasteiger partial charge in [0, 0.05) is 50.5 Å². The molecule has 38 heavy (non-hydrogen) atoms. The number of benzene rings is 2. The zero-order valence-corrected chi connectivity index (χ0v) is 21.7. The second-order valence-electron chi connectivity index (χ2n) is 9.56. The van der Waals surface area contributed by atoms with E-state index in [9.17, 15) is 9.59 Å². The van der Waals surface area contributed by atoms with E-state index in [1.54, 1.807) is 24.1 Å². The lowest BCUT2D eigenvalue weighted by Crippen LogP contribution is -2.52. The van der Waals surface area contributed by atoms with Crippen LogP contribution in [0.5, 0.6) is 5.75 Å². The SMILES string of the molecule is COc1ccc(-c2ccc(N3CCN(C(=O)CN(CC4CCCO4)C(=O)c4ccccc4)CC3)nn2)cc1. The first-order valence-electron chi connectivity index (χ1n) is 13.1. The maximum atomic E-state index is 13.2. The summed E-state index contributed by atoms with van der Waals surface area (Å²) in [6.45, 7) is 3.61. The van der Waals surface area contributed by atoms with Crippen molar-refractivity contribution in [1.82, 2.24) is 20.0 Å². The number of methoxy groups -OCH3 is 1. The van der Waals surface area contributed by atoms with Gasteiger partial charge in [-0.2, -0.15) is 0 Å². The Balaban J connectivity index is 1.18. The van der Waals surface area contributed by atoms with Crippen molar-refractivity contribution in [3.05, 3.63) is 72.3 Å². The first kappa shape index (κ1) is 25.7. The highest BCUT2D eigenvalue weighted by atomic mass is 16.5. The van der Waals surface area contributed by atoms with Crippen molar-refractivity contribution in [3.63, 3.8) is 0 Å². The number of aromatic nitrogens is 2. The summed E-state index contributed by atoms with van der Waals surface area (Å²) >= 11 is 0. The summed E-state index contributed by atoms with van der Waals surface area (Å²) in [7, 11) is 1.64. The largest absolute Gasteiger partial charge is 0.497 e. The molecule has 2 aromatic carbocycles. The number of hydrogen-bond acceptors (Lipinski definition) is 7. The summed E-state index contributed by atoms with van der Waals surface area (Å²) in [4.78, 5) is 32.1. The Kier molecular flexibility index (Phi) is 8.13. The van der Waals surface area contributed by atoms with Crippen LogP contribution in [-0.4, -0.2) is 90.9 Å². The first-order chi connectivity index (χ1) is 18.6. The quantitative estimate of drug-likeness (QED) is 0.456. The van der Waals surface area contributed by atoms with Gasteiger partial charge in [0.15, 0.2) is 5.82 Å². The van der Waals surface area contributed by atoms with Gasteiger partial charge in [-0.1, -0.05) is 18.2 Å². The molecule has 1 aromatic heterocycles. The maximum absolute atomic E-state index is 13.2. The fourth-order valence-electron chi connectivity index (χ4n) is 4.87. The molecule has 9 heteroatoms. The lowest BCUT2D eigenvalue weighted by atomic mass is 10.1. The first-order valence-corrected chi connectivity index (χ1v) is 13.1. The number of nitrogens with zero attached hydrogens (tertiary/aromatic N) is 5. The molecule has 2 amide bonds. The molecule has 0 aliphatic carbocycles. The fourth-order valence-corrected chi connectivity index (χ4v) is 4.87. The summed E-state index contributed by atoms with van der Waals surface area (Å²) in [6, 6.07) is 20.8. The molecule has 2 fully saturated rings. The molecular formula is C29H33N5O4. The van der Waals surface area contributed by atoms with Crippen molar-refractivity contribution >= 4 is 17.6 Å². The van der Waals surface area contributed by atoms with Gasteiger partial charge in [-0.3, -0.25) is 9.59 Å². The van der Waals surface area contributed by atoms with E-state index in [4.69, 9.17) is 9.47 Å². The number of piperazine rings is 1. The molecule has 5 rings (SSSR count). The standard InChI is InChI=1S/C29H33N5O4/c1-37-24-11-9-22(10-12-24)26-13-14-27(31-30-26)32-15-17-33(18-16-32)28(35)21-34(20-25-8-5-19-38-25)29(36)23-6-3-2-4-7-23/h2-4,6-7,9-14,25H,5,8,15-21H2,1H3. The highest BCUT2D eigenvalue weighted by molar-refractivity contribution is 5.96. The molecule has 3 aromatic rings. The minimum Gasteiger partial charge on any atom is -0.497 e. The van der Waals surface area contributed by atoms with Crippen LogP contribution in [0.4, 0.5) is 5.82 Å². The Morgan fingerprint density at radius 3 is 2.37 bits per heavy atom. The Labute approximate surface area is 223 Å². The smallest absolute Gasteiger partial charge is 0.254 e. The molecule has 3 heterocycles. The molecule has 2 saturated heterocycles. The van der Waals surface area contributed by atoms with Crippen molar-refractivity contribution < 1.29 is 19.1 Å². The van der Waals surface area contributed by atoms with E-state index < -0.39 is 0 Å². The number of carbonyl (C=O) groups excluding carboxylic acids is 2. The average molecular weight is 516 g/mol. The van der Waals surface area contributed by atoms with E-state index in [1.807, 2.05) is 59.5 Å². The lowest BCUT2D eigenvalue weighted by molar-refractivity contribution is -0.132. The number of anilines is 1. The van der Waals surface area contributed by atoms with Crippen molar-refractivity contribution in [2.75, 3.05) is 57.9 Å². The molecule has 9 nitrogen and oxygen atoms in total. The predicted molar refractivity (Wildman–Crippen MR) is 144 cm³/mol. The Hall–Kier alpha value is -3.98. The van der Waals surface area contributed by atoms with Crippen LogP contribution in [0.15, 0.2) is 66.7 Å². The number of amides is 2. The van der Waals surface area contributed by atoms with Crippen LogP contribution in [0, 0.1) is 0 Å². The van der Waals surface area contributed by atoms with E-state index >= 15 is 0 Å². The van der Waals surface area contributed by atoms with E-state index in [0.29, 0.717) is 44.9 Å². The summed E-state index contributed by atoms with van der Waals surface area (Å²) in [5, 5.41) is 8.83. The molecule has 1 atom stereocenters. The van der Waals surface area contributed by atoms with Gasteiger partial charge in [-0.05, 0) is 61.4 Å². The van der Waals surface area contributed by atoms with Crippen molar-refractivity contribution in [1.29, 1.82) is 0 Å². The predicted octanol–water partition coefficient (Wildman–Crippen LogP) is 3.12. The normalized spacial score (nSPS) is 17.3. The Morgan fingerprint density at radius 1 is 0.974 bits per heavy atom. The van der Waals surface area contributed by atoms with E-state index in [2.05, 4.69) is 15.1 Å². The molecular weight excluding hydrogens is 482 g/mol. The van der Waals surface area contributed by atoms with E-state index in [-0.39, 0.29) is 24.5 Å². The second kappa shape index (κ2) is 12.0. The van der Waals surface area contributed by atoms with Crippen LogP contribution in [0.25, 0.3) is 11.3 Å². The molecule has 0 bridgehead atoms. The van der Waals surface area contributed by atoms with Gasteiger partial charge in [0.05, 0.1) is 18.9 Å². The van der Waals surface area contributed by atoms with Crippen molar-refractivity contribution in [2.45, 2.75) is 18.9 Å².